The Bertz CT molecular complexity index is 821. The van der Waals surface area contributed by atoms with Gasteiger partial charge in [0.25, 0.3) is 0 Å². The molecule has 0 bridgehead atoms. The lowest BCUT2D eigenvalue weighted by molar-refractivity contribution is 0.0688. The van der Waals surface area contributed by atoms with E-state index < -0.39 is 5.97 Å². The van der Waals surface area contributed by atoms with E-state index in [-0.39, 0.29) is 5.69 Å². The molecular formula is C15H13N3O2. The maximum absolute atomic E-state index is 11.3. The number of carbonyl (C=O) groups is 1. The van der Waals surface area contributed by atoms with Gasteiger partial charge >= 0.3 is 5.97 Å². The third kappa shape index (κ3) is 1.84. The Morgan fingerprint density at radius 3 is 2.70 bits per heavy atom. The van der Waals surface area contributed by atoms with E-state index in [2.05, 4.69) is 9.97 Å². The SMILES string of the molecule is Cc1ccccc1-c1cnc2nc(C)c(C(=O)O)n2c1. The second-order valence-electron chi connectivity index (χ2n) is 4.68. The average molecular weight is 267 g/mol. The molecule has 0 aliphatic rings. The van der Waals surface area contributed by atoms with Crippen molar-refractivity contribution >= 4 is 11.7 Å². The number of fused-ring (bicyclic) bond motifs is 1. The van der Waals surface area contributed by atoms with Crippen molar-refractivity contribution < 1.29 is 9.90 Å². The standard InChI is InChI=1S/C15H13N3O2/c1-9-5-3-4-6-12(9)11-7-16-15-17-10(2)13(14(19)20)18(15)8-11/h3-8H,1-2H3,(H,19,20). The fraction of sp³-hybridized carbons (Fsp3) is 0.133. The topological polar surface area (TPSA) is 67.5 Å². The van der Waals surface area contributed by atoms with Crippen molar-refractivity contribution in [1.82, 2.24) is 14.4 Å². The molecule has 0 spiro atoms. The van der Waals surface area contributed by atoms with Crippen LogP contribution in [-0.4, -0.2) is 25.4 Å². The normalized spacial score (nSPS) is 10.9. The van der Waals surface area contributed by atoms with Gasteiger partial charge in [0, 0.05) is 18.0 Å². The predicted molar refractivity (Wildman–Crippen MR) is 74.9 cm³/mol. The summed E-state index contributed by atoms with van der Waals surface area (Å²) in [5.41, 5.74) is 3.64. The van der Waals surface area contributed by atoms with Gasteiger partial charge in [-0.2, -0.15) is 0 Å². The highest BCUT2D eigenvalue weighted by Crippen LogP contribution is 2.23. The molecule has 0 aliphatic carbocycles. The van der Waals surface area contributed by atoms with Crippen LogP contribution in [-0.2, 0) is 0 Å². The zero-order chi connectivity index (χ0) is 14.3. The van der Waals surface area contributed by atoms with Crippen LogP contribution in [0, 0.1) is 13.8 Å². The Kier molecular flexibility index (Phi) is 2.75. The fourth-order valence-electron chi connectivity index (χ4n) is 2.34. The van der Waals surface area contributed by atoms with Gasteiger partial charge in [-0.15, -0.1) is 0 Å². The zero-order valence-corrected chi connectivity index (χ0v) is 11.2. The van der Waals surface area contributed by atoms with E-state index in [9.17, 15) is 9.90 Å². The van der Waals surface area contributed by atoms with E-state index in [1.165, 1.54) is 4.40 Å². The number of aryl methyl sites for hydroxylation is 2. The number of rotatable bonds is 2. The van der Waals surface area contributed by atoms with E-state index in [1.54, 1.807) is 19.3 Å². The second-order valence-corrected chi connectivity index (χ2v) is 4.68. The Morgan fingerprint density at radius 1 is 1.25 bits per heavy atom. The molecule has 2 heterocycles. The third-order valence-electron chi connectivity index (χ3n) is 3.31. The van der Waals surface area contributed by atoms with Gasteiger partial charge in [-0.05, 0) is 25.0 Å². The van der Waals surface area contributed by atoms with Crippen molar-refractivity contribution in [2.45, 2.75) is 13.8 Å². The third-order valence-corrected chi connectivity index (χ3v) is 3.31. The molecule has 0 amide bonds. The maximum atomic E-state index is 11.3. The van der Waals surface area contributed by atoms with Gasteiger partial charge in [0.15, 0.2) is 5.69 Å². The van der Waals surface area contributed by atoms with Gasteiger partial charge < -0.3 is 5.11 Å². The van der Waals surface area contributed by atoms with Gasteiger partial charge in [0.1, 0.15) is 0 Å². The highest BCUT2D eigenvalue weighted by atomic mass is 16.4. The lowest BCUT2D eigenvalue weighted by Gasteiger charge is -2.06. The van der Waals surface area contributed by atoms with E-state index in [0.717, 1.165) is 16.7 Å². The van der Waals surface area contributed by atoms with Gasteiger partial charge in [0.2, 0.25) is 5.78 Å². The molecule has 0 atom stereocenters. The van der Waals surface area contributed by atoms with Crippen molar-refractivity contribution in [2.24, 2.45) is 0 Å². The number of carboxylic acid groups (broad SMARTS) is 1. The number of carboxylic acids is 1. The van der Waals surface area contributed by atoms with Gasteiger partial charge in [0.05, 0.1) is 5.69 Å². The first-order valence-electron chi connectivity index (χ1n) is 6.22. The summed E-state index contributed by atoms with van der Waals surface area (Å²) in [5.74, 6) is -0.601. The highest BCUT2D eigenvalue weighted by molar-refractivity contribution is 5.88. The molecule has 0 radical (unpaired) electrons. The molecule has 20 heavy (non-hydrogen) atoms. The van der Waals surface area contributed by atoms with Crippen LogP contribution in [0.4, 0.5) is 0 Å². The molecule has 0 saturated heterocycles. The largest absolute Gasteiger partial charge is 0.477 e. The Hall–Kier alpha value is -2.69. The Balaban J connectivity index is 2.28. The smallest absolute Gasteiger partial charge is 0.354 e. The maximum Gasteiger partial charge on any atom is 0.354 e. The highest BCUT2D eigenvalue weighted by Gasteiger charge is 2.16. The Morgan fingerprint density at radius 2 is 2.00 bits per heavy atom. The minimum atomic E-state index is -1.00. The molecule has 0 aliphatic heterocycles. The van der Waals surface area contributed by atoms with Crippen LogP contribution in [0.15, 0.2) is 36.7 Å². The molecule has 2 aromatic heterocycles. The summed E-state index contributed by atoms with van der Waals surface area (Å²) in [5, 5.41) is 9.28. The molecule has 3 rings (SSSR count). The van der Waals surface area contributed by atoms with Crippen molar-refractivity contribution in [2.75, 3.05) is 0 Å². The minimum absolute atomic E-state index is 0.155. The minimum Gasteiger partial charge on any atom is -0.477 e. The van der Waals surface area contributed by atoms with Gasteiger partial charge in [-0.3, -0.25) is 4.40 Å². The predicted octanol–water partition coefficient (Wildman–Crippen LogP) is 2.71. The molecular weight excluding hydrogens is 254 g/mol. The molecule has 5 nitrogen and oxygen atoms in total. The van der Waals surface area contributed by atoms with E-state index >= 15 is 0 Å². The van der Waals surface area contributed by atoms with E-state index in [1.807, 2.05) is 31.2 Å². The fourth-order valence-corrected chi connectivity index (χ4v) is 2.34. The molecule has 1 N–H and O–H groups in total. The van der Waals surface area contributed by atoms with Crippen LogP contribution in [0.2, 0.25) is 0 Å². The number of hydrogen-bond donors (Lipinski definition) is 1. The van der Waals surface area contributed by atoms with Crippen LogP contribution in [0.1, 0.15) is 21.7 Å². The summed E-state index contributed by atoms with van der Waals surface area (Å²) < 4.78 is 1.53. The van der Waals surface area contributed by atoms with Crippen LogP contribution in [0.3, 0.4) is 0 Å². The number of hydrogen-bond acceptors (Lipinski definition) is 3. The van der Waals surface area contributed by atoms with Crippen LogP contribution in [0.5, 0.6) is 0 Å². The lowest BCUT2D eigenvalue weighted by atomic mass is 10.0. The van der Waals surface area contributed by atoms with Gasteiger partial charge in [-0.25, -0.2) is 14.8 Å². The quantitative estimate of drug-likeness (QED) is 0.775. The van der Waals surface area contributed by atoms with Crippen molar-refractivity contribution in [3.05, 3.63) is 53.6 Å². The molecule has 0 fully saturated rings. The molecule has 1 aromatic carbocycles. The first-order valence-corrected chi connectivity index (χ1v) is 6.22. The van der Waals surface area contributed by atoms with E-state index in [4.69, 9.17) is 0 Å². The molecule has 5 heteroatoms. The zero-order valence-electron chi connectivity index (χ0n) is 11.2. The van der Waals surface area contributed by atoms with Crippen molar-refractivity contribution in [1.29, 1.82) is 0 Å². The summed E-state index contributed by atoms with van der Waals surface area (Å²) in [4.78, 5) is 19.7. The summed E-state index contributed by atoms with van der Waals surface area (Å²) in [7, 11) is 0. The molecule has 3 aromatic rings. The molecule has 100 valence electrons. The summed E-state index contributed by atoms with van der Waals surface area (Å²) >= 11 is 0. The number of nitrogens with zero attached hydrogens (tertiary/aromatic N) is 3. The number of aromatic nitrogens is 3. The first-order chi connectivity index (χ1) is 9.58. The lowest BCUT2D eigenvalue weighted by Crippen LogP contribution is -2.04. The van der Waals surface area contributed by atoms with Gasteiger partial charge in [-0.1, -0.05) is 24.3 Å². The average Bonchev–Trinajstić information content (AvgIpc) is 2.74. The van der Waals surface area contributed by atoms with Crippen LogP contribution in [0.25, 0.3) is 16.9 Å². The van der Waals surface area contributed by atoms with Crippen LogP contribution < -0.4 is 0 Å². The molecule has 0 unspecified atom stereocenters. The summed E-state index contributed by atoms with van der Waals surface area (Å²) in [6, 6.07) is 7.91. The number of aromatic carboxylic acids is 1. The summed E-state index contributed by atoms with van der Waals surface area (Å²) in [6.07, 6.45) is 3.49. The van der Waals surface area contributed by atoms with Crippen molar-refractivity contribution in [3.8, 4) is 11.1 Å². The number of imidazole rings is 1. The Labute approximate surface area is 115 Å². The number of benzene rings is 1. The molecule has 0 saturated carbocycles. The van der Waals surface area contributed by atoms with Crippen LogP contribution >= 0.6 is 0 Å². The second kappa shape index (κ2) is 4.45. The van der Waals surface area contributed by atoms with E-state index in [0.29, 0.717) is 11.5 Å². The summed E-state index contributed by atoms with van der Waals surface area (Å²) in [6.45, 7) is 3.68. The van der Waals surface area contributed by atoms with Crippen molar-refractivity contribution in [3.63, 3.8) is 0 Å². The monoisotopic (exact) mass is 267 g/mol. The first kappa shape index (κ1) is 12.3.